The molecule has 1 aliphatic carbocycles. The van der Waals surface area contributed by atoms with Crippen LogP contribution in [0.5, 0.6) is 17.2 Å². The number of hydrogen-bond donors (Lipinski definition) is 4. The van der Waals surface area contributed by atoms with Crippen LogP contribution in [0, 0.1) is 6.92 Å². The van der Waals surface area contributed by atoms with Crippen molar-refractivity contribution >= 4 is 40.0 Å². The lowest BCUT2D eigenvalue weighted by Gasteiger charge is -2.30. The van der Waals surface area contributed by atoms with E-state index in [2.05, 4.69) is 10.3 Å². The summed E-state index contributed by atoms with van der Waals surface area (Å²) in [5, 5.41) is 25.6. The number of H-pyrrole nitrogens is 1. The molecule has 0 amide bonds. The Morgan fingerprint density at radius 1 is 1.09 bits per heavy atom. The molecule has 2 aliphatic rings. The summed E-state index contributed by atoms with van der Waals surface area (Å²) in [5.74, 6) is -1.95. The van der Waals surface area contributed by atoms with E-state index in [9.17, 15) is 24.6 Å². The topological polar surface area (TPSA) is 142 Å². The van der Waals surface area contributed by atoms with Crippen LogP contribution >= 0.6 is 11.6 Å². The van der Waals surface area contributed by atoms with Gasteiger partial charge in [-0.15, -0.1) is 0 Å². The van der Waals surface area contributed by atoms with Gasteiger partial charge in [-0.05, 0) is 57.5 Å². The maximum Gasteiger partial charge on any atom is 0.194 e. The van der Waals surface area contributed by atoms with Crippen molar-refractivity contribution in [2.45, 2.75) is 45.6 Å². The summed E-state index contributed by atoms with van der Waals surface area (Å²) in [6.45, 7) is 5.88. The number of fused-ring (bicyclic) bond motifs is 4. The van der Waals surface area contributed by atoms with Gasteiger partial charge in [-0.3, -0.25) is 14.4 Å². The van der Waals surface area contributed by atoms with Crippen molar-refractivity contribution in [2.24, 2.45) is 0 Å². The zero-order valence-electron chi connectivity index (χ0n) is 23.8. The third-order valence-corrected chi connectivity index (χ3v) is 8.51. The highest BCUT2D eigenvalue weighted by molar-refractivity contribution is 6.31. The smallest absolute Gasteiger partial charge is 0.194 e. The number of phenols is 2. The van der Waals surface area contributed by atoms with E-state index in [-0.39, 0.29) is 39.5 Å². The fraction of sp³-hybridized carbons (Fsp3) is 0.212. The van der Waals surface area contributed by atoms with Crippen LogP contribution in [0.4, 0.5) is 0 Å². The van der Waals surface area contributed by atoms with Crippen LogP contribution in [0.25, 0.3) is 11.0 Å². The summed E-state index contributed by atoms with van der Waals surface area (Å²) in [7, 11) is 0. The van der Waals surface area contributed by atoms with Gasteiger partial charge in [-0.25, -0.2) is 4.98 Å². The van der Waals surface area contributed by atoms with Crippen LogP contribution in [-0.4, -0.2) is 37.5 Å². The van der Waals surface area contributed by atoms with Crippen LogP contribution in [0.15, 0.2) is 71.6 Å². The number of rotatable bonds is 6. The lowest BCUT2D eigenvalue weighted by Crippen LogP contribution is -2.41. The number of carbonyl (C=O) groups is 3. The number of Topliss-reactive ketones (excluding diaryl/α,β-unsaturated/α-hetero) is 2. The van der Waals surface area contributed by atoms with Crippen LogP contribution in [-0.2, 0) is 21.4 Å². The summed E-state index contributed by atoms with van der Waals surface area (Å²) in [6, 6.07) is 14.5. The van der Waals surface area contributed by atoms with Crippen molar-refractivity contribution in [3.05, 3.63) is 105 Å². The average Bonchev–Trinajstić information content (AvgIpc) is 3.50. The van der Waals surface area contributed by atoms with Gasteiger partial charge in [0.25, 0.3) is 0 Å². The molecule has 3 aromatic carbocycles. The van der Waals surface area contributed by atoms with E-state index in [0.29, 0.717) is 23.0 Å². The molecular formula is C33H28ClN3O6. The lowest BCUT2D eigenvalue weighted by molar-refractivity contribution is -0.123. The highest BCUT2D eigenvalue weighted by Gasteiger charge is 2.56. The number of allylic oxidation sites excluding steroid dienone is 4. The van der Waals surface area contributed by atoms with Crippen LogP contribution in [0.3, 0.4) is 0 Å². The molecule has 4 aromatic rings. The van der Waals surface area contributed by atoms with Crippen molar-refractivity contribution < 1.29 is 29.3 Å². The van der Waals surface area contributed by atoms with Gasteiger partial charge < -0.3 is 25.3 Å². The zero-order valence-corrected chi connectivity index (χ0v) is 24.6. The molecule has 4 N–H and O–H groups in total. The number of aromatic hydroxyl groups is 2. The number of nitrogens with zero attached hydrogens (tertiary/aromatic N) is 1. The molecule has 0 bridgehead atoms. The quantitative estimate of drug-likeness (QED) is 0.126. The first kappa shape index (κ1) is 28.2. The van der Waals surface area contributed by atoms with Crippen LogP contribution in [0.1, 0.15) is 59.7 Å². The summed E-state index contributed by atoms with van der Waals surface area (Å²) in [6.07, 6.45) is 1.60. The predicted octanol–water partition coefficient (Wildman–Crippen LogP) is 5.67. The van der Waals surface area contributed by atoms with Crippen molar-refractivity contribution in [1.82, 2.24) is 15.3 Å². The molecule has 43 heavy (non-hydrogen) atoms. The van der Waals surface area contributed by atoms with E-state index in [0.717, 1.165) is 16.6 Å². The van der Waals surface area contributed by atoms with E-state index in [4.69, 9.17) is 21.3 Å². The molecule has 6 rings (SSSR count). The number of ether oxygens (including phenoxy) is 1. The molecule has 10 heteroatoms. The van der Waals surface area contributed by atoms with Gasteiger partial charge in [-0.2, -0.15) is 0 Å². The molecule has 2 atom stereocenters. The van der Waals surface area contributed by atoms with Gasteiger partial charge in [-0.1, -0.05) is 35.9 Å². The first-order chi connectivity index (χ1) is 20.4. The van der Waals surface area contributed by atoms with Crippen LogP contribution in [0.2, 0.25) is 5.02 Å². The maximum atomic E-state index is 14.3. The first-order valence-corrected chi connectivity index (χ1v) is 14.0. The summed E-state index contributed by atoms with van der Waals surface area (Å²) in [5.41, 5.74) is 1.07. The van der Waals surface area contributed by atoms with Crippen molar-refractivity contribution in [3.63, 3.8) is 0 Å². The number of hydrogen-bond acceptors (Lipinski definition) is 8. The Morgan fingerprint density at radius 3 is 2.47 bits per heavy atom. The Morgan fingerprint density at radius 2 is 1.79 bits per heavy atom. The second-order valence-electron chi connectivity index (χ2n) is 11.0. The molecule has 0 fully saturated rings. The highest BCUT2D eigenvalue weighted by atomic mass is 35.5. The number of para-hydroxylation sites is 2. The number of nitrogens with one attached hydrogen (secondary N) is 2. The van der Waals surface area contributed by atoms with Crippen LogP contribution < -0.4 is 10.1 Å². The summed E-state index contributed by atoms with van der Waals surface area (Å²) >= 11 is 6.16. The number of imidazole rings is 1. The minimum Gasteiger partial charge on any atom is -0.507 e. The van der Waals surface area contributed by atoms with Gasteiger partial charge in [0.15, 0.2) is 17.3 Å². The molecule has 1 aromatic heterocycles. The van der Waals surface area contributed by atoms with E-state index >= 15 is 0 Å². The molecule has 218 valence electrons. The van der Waals surface area contributed by atoms with Crippen molar-refractivity contribution in [2.75, 3.05) is 0 Å². The largest absolute Gasteiger partial charge is 0.507 e. The third-order valence-electron chi connectivity index (χ3n) is 8.26. The van der Waals surface area contributed by atoms with E-state index in [1.54, 1.807) is 19.1 Å². The number of ketones is 3. The third kappa shape index (κ3) is 4.39. The number of halogens is 1. The van der Waals surface area contributed by atoms with Gasteiger partial charge in [0, 0.05) is 28.8 Å². The molecule has 9 nitrogen and oxygen atoms in total. The molecule has 1 aliphatic heterocycles. The van der Waals surface area contributed by atoms with E-state index in [1.165, 1.54) is 26.8 Å². The monoisotopic (exact) mass is 597 g/mol. The van der Waals surface area contributed by atoms with Crippen molar-refractivity contribution in [3.8, 4) is 17.2 Å². The number of carbonyl (C=O) groups excluding carboxylic acids is 3. The number of phenolic OH excluding ortho intramolecular Hbond substituents is 2. The second-order valence-corrected chi connectivity index (χ2v) is 11.5. The zero-order chi connectivity index (χ0) is 30.8. The SMILES string of the molecule is CC(=O)c1c(O)c(C)c(O)c2c1OC1=CC(=O)/C(=C(/C)NC(Cc3nc4ccccc4[nH]3)c3ccc(Cl)cc3)C(=O)[C@]12C. The number of aromatic nitrogens is 2. The highest BCUT2D eigenvalue weighted by Crippen LogP contribution is 2.57. The van der Waals surface area contributed by atoms with Gasteiger partial charge in [0.2, 0.25) is 0 Å². The molecule has 0 saturated heterocycles. The van der Waals surface area contributed by atoms with Gasteiger partial charge >= 0.3 is 0 Å². The molecule has 0 saturated carbocycles. The standard InChI is InChI=1S/C33H28ClN3O6/c1-15-29(40)27(17(3)38)31-28(30(15)41)33(4)24(43-31)14-23(39)26(32(33)42)16(2)35-22(18-9-11-19(34)12-10-18)13-25-36-20-7-5-6-8-21(20)37-25/h5-12,14,22,35,40-41H,13H2,1-4H3,(H,36,37)/b26-16+/t22?,33-/m1/s1. The molecule has 1 unspecified atom stereocenters. The minimum absolute atomic E-state index is 0.0200. The normalized spacial score (nSPS) is 19.4. The van der Waals surface area contributed by atoms with Gasteiger partial charge in [0.05, 0.1) is 28.2 Å². The summed E-state index contributed by atoms with van der Waals surface area (Å²) in [4.78, 5) is 48.2. The Labute approximate surface area is 251 Å². The Balaban J connectivity index is 1.44. The minimum atomic E-state index is -1.61. The molecular weight excluding hydrogens is 570 g/mol. The predicted molar refractivity (Wildman–Crippen MR) is 160 cm³/mol. The van der Waals surface area contributed by atoms with E-state index in [1.807, 2.05) is 36.4 Å². The van der Waals surface area contributed by atoms with E-state index < -0.39 is 34.6 Å². The Kier molecular flexibility index (Phi) is 6.65. The first-order valence-electron chi connectivity index (χ1n) is 13.7. The second kappa shape index (κ2) is 10.1. The van der Waals surface area contributed by atoms with Gasteiger partial charge in [0.1, 0.15) is 39.8 Å². The molecule has 2 heterocycles. The molecule has 0 spiro atoms. The summed E-state index contributed by atoms with van der Waals surface area (Å²) < 4.78 is 5.87. The fourth-order valence-corrected chi connectivity index (χ4v) is 6.06. The fourth-order valence-electron chi connectivity index (χ4n) is 5.94. The Bertz CT molecular complexity index is 1910. The lowest BCUT2D eigenvalue weighted by atomic mass is 9.70. The Hall–Kier alpha value is -4.89. The number of aromatic amines is 1. The average molecular weight is 598 g/mol. The maximum absolute atomic E-state index is 14.3. The molecule has 0 radical (unpaired) electrons. The number of benzene rings is 3. The van der Waals surface area contributed by atoms with Crippen molar-refractivity contribution in [1.29, 1.82) is 0 Å².